The van der Waals surface area contributed by atoms with Gasteiger partial charge in [-0.1, -0.05) is 0 Å². The summed E-state index contributed by atoms with van der Waals surface area (Å²) < 4.78 is 53.4. The van der Waals surface area contributed by atoms with Gasteiger partial charge in [0.1, 0.15) is 17.8 Å². The molecule has 8 nitrogen and oxygen atoms in total. The molecule has 0 bridgehead atoms. The number of nitrogens with zero attached hydrogens (tertiary/aromatic N) is 2. The summed E-state index contributed by atoms with van der Waals surface area (Å²) in [6, 6.07) is 1.57. The van der Waals surface area contributed by atoms with Gasteiger partial charge in [-0.15, -0.1) is 0 Å². The summed E-state index contributed by atoms with van der Waals surface area (Å²) in [5.74, 6) is -4.86. The minimum atomic E-state index is -4.24. The van der Waals surface area contributed by atoms with Gasteiger partial charge in [0.25, 0.3) is 10.0 Å². The van der Waals surface area contributed by atoms with Gasteiger partial charge >= 0.3 is 0 Å². The molecule has 3 rings (SSSR count). The molecular formula is C15H12F2N4O4S. The Bertz CT molecular complexity index is 1130. The molecule has 0 fully saturated rings. The van der Waals surface area contributed by atoms with E-state index in [1.165, 1.54) is 12.5 Å². The Labute approximate surface area is 146 Å². The van der Waals surface area contributed by atoms with Crippen LogP contribution >= 0.6 is 0 Å². The number of benzene rings is 1. The van der Waals surface area contributed by atoms with E-state index in [0.29, 0.717) is 16.7 Å². The maximum absolute atomic E-state index is 14.6. The number of H-pyrrole nitrogens is 1. The van der Waals surface area contributed by atoms with Crippen molar-refractivity contribution in [1.82, 2.24) is 15.0 Å². The monoisotopic (exact) mass is 382 g/mol. The number of aromatic nitrogens is 3. The molecular weight excluding hydrogens is 370 g/mol. The number of nitrogens with one attached hydrogen (secondary N) is 2. The predicted molar refractivity (Wildman–Crippen MR) is 88.0 cm³/mol. The van der Waals surface area contributed by atoms with Gasteiger partial charge < -0.3 is 10.1 Å². The first-order valence-electron chi connectivity index (χ1n) is 7.18. The lowest BCUT2D eigenvalue weighted by molar-refractivity contribution is 0.103. The van der Waals surface area contributed by atoms with E-state index < -0.39 is 44.6 Å². The molecule has 0 aliphatic heterocycles. The SMILES string of the molecule is Cc1ncnc2[nH]cc(C(=O)c3c(F)ccc(NS(=O)(=O)CO)c3F)c12. The van der Waals surface area contributed by atoms with E-state index in [4.69, 9.17) is 5.11 Å². The van der Waals surface area contributed by atoms with Crippen molar-refractivity contribution in [1.29, 1.82) is 0 Å². The second-order valence-corrected chi connectivity index (χ2v) is 7.04. The number of rotatable bonds is 5. The number of carbonyl (C=O) groups excluding carboxylic acids is 1. The number of carbonyl (C=O) groups is 1. The predicted octanol–water partition coefficient (Wildman–Crippen LogP) is 1.47. The van der Waals surface area contributed by atoms with Gasteiger partial charge in [-0.2, -0.15) is 0 Å². The summed E-state index contributed by atoms with van der Waals surface area (Å²) in [7, 11) is -4.24. The molecule has 0 atom stereocenters. The van der Waals surface area contributed by atoms with E-state index in [0.717, 1.165) is 12.1 Å². The highest BCUT2D eigenvalue weighted by Crippen LogP contribution is 2.28. The minimum absolute atomic E-state index is 0.0573. The molecule has 0 radical (unpaired) electrons. The Balaban J connectivity index is 2.15. The van der Waals surface area contributed by atoms with Crippen molar-refractivity contribution in [3.8, 4) is 0 Å². The van der Waals surface area contributed by atoms with Crippen LogP contribution in [0.25, 0.3) is 11.0 Å². The lowest BCUT2D eigenvalue weighted by Crippen LogP contribution is -2.18. The fraction of sp³-hybridized carbons (Fsp3) is 0.133. The number of fused-ring (bicyclic) bond motifs is 1. The van der Waals surface area contributed by atoms with E-state index in [1.807, 2.05) is 0 Å². The molecule has 0 aliphatic carbocycles. The molecule has 3 N–H and O–H groups in total. The maximum atomic E-state index is 14.6. The second kappa shape index (κ2) is 6.42. The number of halogens is 2. The molecule has 0 unspecified atom stereocenters. The molecule has 3 aromatic rings. The van der Waals surface area contributed by atoms with Crippen LogP contribution in [0.2, 0.25) is 0 Å². The van der Waals surface area contributed by atoms with Crippen molar-refractivity contribution >= 4 is 32.5 Å². The standard InChI is InChI=1S/C15H12F2N4O4S/c1-7-11-8(4-18-15(11)20-5-19-7)14(23)12-9(16)2-3-10(13(12)17)21-26(24,25)6-22/h2-5,21-22H,6H2,1H3,(H,18,19,20). The third-order valence-electron chi connectivity index (χ3n) is 3.66. The lowest BCUT2D eigenvalue weighted by atomic mass is 10.0. The van der Waals surface area contributed by atoms with Crippen molar-refractivity contribution in [2.75, 3.05) is 10.7 Å². The van der Waals surface area contributed by atoms with Crippen molar-refractivity contribution in [2.24, 2.45) is 0 Å². The molecule has 2 heterocycles. The zero-order valence-corrected chi connectivity index (χ0v) is 14.1. The van der Waals surface area contributed by atoms with Crippen LogP contribution < -0.4 is 4.72 Å². The van der Waals surface area contributed by atoms with E-state index >= 15 is 0 Å². The number of aliphatic hydroxyl groups is 1. The number of aliphatic hydroxyl groups excluding tert-OH is 1. The van der Waals surface area contributed by atoms with Crippen molar-refractivity contribution < 1.29 is 27.1 Å². The fourth-order valence-corrected chi connectivity index (χ4v) is 3.03. The van der Waals surface area contributed by atoms with Gasteiger partial charge in [0, 0.05) is 6.20 Å². The van der Waals surface area contributed by atoms with Crippen LogP contribution in [-0.2, 0) is 10.0 Å². The Morgan fingerprint density at radius 2 is 2.04 bits per heavy atom. The van der Waals surface area contributed by atoms with Crippen LogP contribution in [-0.4, -0.2) is 40.2 Å². The number of aromatic amines is 1. The minimum Gasteiger partial charge on any atom is -0.378 e. The summed E-state index contributed by atoms with van der Waals surface area (Å²) in [5.41, 5.74) is -0.904. The molecule has 136 valence electrons. The number of ketones is 1. The molecule has 2 aromatic heterocycles. The molecule has 26 heavy (non-hydrogen) atoms. The first kappa shape index (κ1) is 17.9. The van der Waals surface area contributed by atoms with Gasteiger partial charge in [0.15, 0.2) is 11.8 Å². The molecule has 0 spiro atoms. The molecule has 0 saturated heterocycles. The molecule has 0 aliphatic rings. The highest BCUT2D eigenvalue weighted by molar-refractivity contribution is 7.92. The van der Waals surface area contributed by atoms with Crippen molar-refractivity contribution in [2.45, 2.75) is 6.92 Å². The molecule has 0 amide bonds. The third kappa shape index (κ3) is 3.02. The smallest absolute Gasteiger partial charge is 0.256 e. The number of sulfonamides is 1. The average molecular weight is 382 g/mol. The van der Waals surface area contributed by atoms with Crippen molar-refractivity contribution in [3.63, 3.8) is 0 Å². The van der Waals surface area contributed by atoms with Gasteiger partial charge in [0.05, 0.1) is 27.9 Å². The Kier molecular flexibility index (Phi) is 4.42. The van der Waals surface area contributed by atoms with E-state index in [2.05, 4.69) is 15.0 Å². The molecule has 1 aromatic carbocycles. The van der Waals surface area contributed by atoms with Gasteiger partial charge in [-0.3, -0.25) is 9.52 Å². The van der Waals surface area contributed by atoms with Crippen molar-refractivity contribution in [3.05, 3.63) is 53.1 Å². The highest BCUT2D eigenvalue weighted by Gasteiger charge is 2.26. The summed E-state index contributed by atoms with van der Waals surface area (Å²) in [6.45, 7) is 1.60. The van der Waals surface area contributed by atoms with E-state index in [1.54, 1.807) is 11.6 Å². The largest absolute Gasteiger partial charge is 0.378 e. The summed E-state index contributed by atoms with van der Waals surface area (Å²) in [4.78, 5) is 23.3. The van der Waals surface area contributed by atoms with E-state index in [-0.39, 0.29) is 5.56 Å². The first-order valence-corrected chi connectivity index (χ1v) is 8.83. The van der Waals surface area contributed by atoms with Crippen LogP contribution in [0.5, 0.6) is 0 Å². The van der Waals surface area contributed by atoms with Crippen LogP contribution in [0.1, 0.15) is 21.6 Å². The van der Waals surface area contributed by atoms with Crippen LogP contribution in [0.4, 0.5) is 14.5 Å². The number of hydrogen-bond acceptors (Lipinski definition) is 6. The number of aryl methyl sites for hydroxylation is 1. The van der Waals surface area contributed by atoms with Crippen LogP contribution in [0, 0.1) is 18.6 Å². The third-order valence-corrected chi connectivity index (χ3v) is 4.53. The first-order chi connectivity index (χ1) is 12.2. The van der Waals surface area contributed by atoms with Crippen LogP contribution in [0.3, 0.4) is 0 Å². The zero-order chi connectivity index (χ0) is 19.1. The topological polar surface area (TPSA) is 125 Å². The quantitative estimate of drug-likeness (QED) is 0.574. The fourth-order valence-electron chi connectivity index (χ4n) is 2.47. The average Bonchev–Trinajstić information content (AvgIpc) is 3.03. The molecule has 0 saturated carbocycles. The normalized spacial score (nSPS) is 11.7. The zero-order valence-electron chi connectivity index (χ0n) is 13.2. The van der Waals surface area contributed by atoms with Crippen LogP contribution in [0.15, 0.2) is 24.7 Å². The number of anilines is 1. The number of hydrogen-bond donors (Lipinski definition) is 3. The Morgan fingerprint density at radius 3 is 2.73 bits per heavy atom. The lowest BCUT2D eigenvalue weighted by Gasteiger charge is -2.10. The Morgan fingerprint density at radius 1 is 1.31 bits per heavy atom. The summed E-state index contributed by atoms with van der Waals surface area (Å²) in [5, 5.41) is 9.05. The Hall–Kier alpha value is -2.92. The summed E-state index contributed by atoms with van der Waals surface area (Å²) >= 11 is 0. The maximum Gasteiger partial charge on any atom is 0.256 e. The van der Waals surface area contributed by atoms with Gasteiger partial charge in [-0.25, -0.2) is 27.2 Å². The molecule has 11 heteroatoms. The van der Waals surface area contributed by atoms with Gasteiger partial charge in [-0.05, 0) is 19.1 Å². The van der Waals surface area contributed by atoms with Gasteiger partial charge in [0.2, 0.25) is 5.78 Å². The summed E-state index contributed by atoms with van der Waals surface area (Å²) in [6.07, 6.45) is 2.52. The second-order valence-electron chi connectivity index (χ2n) is 5.34. The highest BCUT2D eigenvalue weighted by atomic mass is 32.2. The van der Waals surface area contributed by atoms with E-state index in [9.17, 15) is 22.0 Å².